The van der Waals surface area contributed by atoms with Gasteiger partial charge in [0.1, 0.15) is 5.82 Å². The first-order valence-electron chi connectivity index (χ1n) is 15.4. The van der Waals surface area contributed by atoms with Gasteiger partial charge in [-0.15, -0.1) is 0 Å². The third-order valence-electron chi connectivity index (χ3n) is 7.41. The van der Waals surface area contributed by atoms with Crippen LogP contribution in [0.1, 0.15) is 147 Å². The van der Waals surface area contributed by atoms with Crippen LogP contribution in [0.25, 0.3) is 0 Å². The van der Waals surface area contributed by atoms with Crippen molar-refractivity contribution in [2.75, 3.05) is 0 Å². The van der Waals surface area contributed by atoms with Crippen LogP contribution in [0.2, 0.25) is 0 Å². The summed E-state index contributed by atoms with van der Waals surface area (Å²) in [6.45, 7) is 5.74. The lowest BCUT2D eigenvalue weighted by Gasteiger charge is -2.07. The van der Waals surface area contributed by atoms with Gasteiger partial charge in [0.05, 0.1) is 5.69 Å². The van der Waals surface area contributed by atoms with E-state index < -0.39 is 0 Å². The Morgan fingerprint density at radius 1 is 0.543 bits per heavy atom. The van der Waals surface area contributed by atoms with E-state index in [-0.39, 0.29) is 0 Å². The maximum absolute atomic E-state index is 5.08. The fourth-order valence-corrected chi connectivity index (χ4v) is 5.15. The van der Waals surface area contributed by atoms with Gasteiger partial charge in [-0.2, -0.15) is 0 Å². The van der Waals surface area contributed by atoms with Gasteiger partial charge in [0.15, 0.2) is 0 Å². The maximum Gasteiger partial charge on any atom is 0.108 e. The molecule has 2 nitrogen and oxygen atoms in total. The summed E-state index contributed by atoms with van der Waals surface area (Å²) >= 11 is 0. The number of benzene rings is 1. The summed E-state index contributed by atoms with van der Waals surface area (Å²) < 4.78 is 2.48. The molecular formula is C33H56N2. The molecule has 0 saturated carbocycles. The Morgan fingerprint density at radius 3 is 1.69 bits per heavy atom. The van der Waals surface area contributed by atoms with Gasteiger partial charge < -0.3 is 4.57 Å². The lowest BCUT2D eigenvalue weighted by Crippen LogP contribution is -2.03. The van der Waals surface area contributed by atoms with E-state index >= 15 is 0 Å². The molecule has 0 fully saturated rings. The van der Waals surface area contributed by atoms with Crippen LogP contribution in [0.15, 0.2) is 36.5 Å². The molecule has 0 amide bonds. The van der Waals surface area contributed by atoms with Crippen LogP contribution in [0, 0.1) is 0 Å². The predicted octanol–water partition coefficient (Wildman–Crippen LogP) is 10.3. The zero-order valence-corrected chi connectivity index (χ0v) is 23.4. The van der Waals surface area contributed by atoms with Gasteiger partial charge in [0, 0.05) is 19.2 Å². The molecule has 0 aliphatic rings. The predicted molar refractivity (Wildman–Crippen MR) is 154 cm³/mol. The first kappa shape index (κ1) is 29.7. The second kappa shape index (κ2) is 20.6. The summed E-state index contributed by atoms with van der Waals surface area (Å²) in [5.41, 5.74) is 2.75. The van der Waals surface area contributed by atoms with Crippen LogP contribution in [0.5, 0.6) is 0 Å². The molecule has 0 radical (unpaired) electrons. The van der Waals surface area contributed by atoms with Crippen molar-refractivity contribution < 1.29 is 0 Å². The number of unbranched alkanes of at least 4 members (excludes halogenated alkanes) is 15. The highest BCUT2D eigenvalue weighted by Crippen LogP contribution is 2.16. The normalized spacial score (nSPS) is 11.4. The van der Waals surface area contributed by atoms with E-state index in [0.29, 0.717) is 0 Å². The summed E-state index contributed by atoms with van der Waals surface area (Å²) in [5, 5.41) is 0. The lowest BCUT2D eigenvalue weighted by atomic mass is 10.0. The molecule has 0 spiro atoms. The minimum absolute atomic E-state index is 1.10. The van der Waals surface area contributed by atoms with E-state index in [9.17, 15) is 0 Å². The highest BCUT2D eigenvalue weighted by atomic mass is 15.1. The van der Waals surface area contributed by atoms with Crippen molar-refractivity contribution >= 4 is 0 Å². The van der Waals surface area contributed by atoms with Crippen LogP contribution in [0.3, 0.4) is 0 Å². The number of rotatable bonds is 23. The van der Waals surface area contributed by atoms with E-state index in [0.717, 1.165) is 25.8 Å². The second-order valence-electron chi connectivity index (χ2n) is 10.7. The zero-order chi connectivity index (χ0) is 24.8. The van der Waals surface area contributed by atoms with E-state index in [1.54, 1.807) is 0 Å². The third kappa shape index (κ3) is 14.6. The summed E-state index contributed by atoms with van der Waals surface area (Å²) in [5.74, 6) is 1.34. The van der Waals surface area contributed by atoms with Crippen LogP contribution >= 0.6 is 0 Å². The van der Waals surface area contributed by atoms with Crippen molar-refractivity contribution in [3.63, 3.8) is 0 Å². The minimum Gasteiger partial charge on any atom is -0.335 e. The van der Waals surface area contributed by atoms with Crippen molar-refractivity contribution in [1.29, 1.82) is 0 Å². The van der Waals surface area contributed by atoms with E-state index in [4.69, 9.17) is 4.98 Å². The summed E-state index contributed by atoms with van der Waals surface area (Å²) in [4.78, 5) is 5.08. The van der Waals surface area contributed by atoms with E-state index in [1.165, 1.54) is 133 Å². The van der Waals surface area contributed by atoms with Gasteiger partial charge in [-0.25, -0.2) is 4.98 Å². The molecular weight excluding hydrogens is 424 g/mol. The average molecular weight is 481 g/mol. The van der Waals surface area contributed by atoms with Gasteiger partial charge in [-0.1, -0.05) is 140 Å². The Labute approximate surface area is 218 Å². The van der Waals surface area contributed by atoms with Crippen molar-refractivity contribution in [2.45, 2.75) is 155 Å². The largest absolute Gasteiger partial charge is 0.335 e. The highest BCUT2D eigenvalue weighted by Gasteiger charge is 2.08. The smallest absolute Gasteiger partial charge is 0.108 e. The highest BCUT2D eigenvalue weighted by molar-refractivity contribution is 5.15. The molecule has 0 aliphatic heterocycles. The molecule has 35 heavy (non-hydrogen) atoms. The van der Waals surface area contributed by atoms with Crippen molar-refractivity contribution in [3.05, 3.63) is 53.6 Å². The molecule has 0 unspecified atom stereocenters. The number of nitrogens with zero attached hydrogens (tertiary/aromatic N) is 2. The number of hydrogen-bond donors (Lipinski definition) is 0. The molecule has 1 heterocycles. The quantitative estimate of drug-likeness (QED) is 0.145. The molecule has 198 valence electrons. The van der Waals surface area contributed by atoms with Crippen LogP contribution < -0.4 is 0 Å². The van der Waals surface area contributed by atoms with Crippen molar-refractivity contribution in [1.82, 2.24) is 9.55 Å². The molecule has 0 atom stereocenters. The topological polar surface area (TPSA) is 17.8 Å². The average Bonchev–Trinajstić information content (AvgIpc) is 3.26. The summed E-state index contributed by atoms with van der Waals surface area (Å²) in [6, 6.07) is 10.9. The molecule has 0 aliphatic carbocycles. The molecule has 2 aromatic rings. The van der Waals surface area contributed by atoms with E-state index in [2.05, 4.69) is 54.9 Å². The first-order chi connectivity index (χ1) is 17.3. The number of aromatic nitrogens is 2. The van der Waals surface area contributed by atoms with E-state index in [1.807, 2.05) is 0 Å². The number of imidazole rings is 1. The van der Waals surface area contributed by atoms with Gasteiger partial charge in [0.2, 0.25) is 0 Å². The molecule has 0 saturated heterocycles. The molecule has 2 heteroatoms. The SMILES string of the molecule is CCCCCCCCCCCCCCCCc1nc(CCCc2ccccc2)cn1CCCCC. The third-order valence-corrected chi connectivity index (χ3v) is 7.41. The lowest BCUT2D eigenvalue weighted by molar-refractivity contribution is 0.530. The molecule has 1 aromatic carbocycles. The zero-order valence-electron chi connectivity index (χ0n) is 23.4. The summed E-state index contributed by atoms with van der Waals surface area (Å²) in [7, 11) is 0. The monoisotopic (exact) mass is 480 g/mol. The van der Waals surface area contributed by atoms with Gasteiger partial charge in [-0.3, -0.25) is 0 Å². The van der Waals surface area contributed by atoms with Gasteiger partial charge in [-0.05, 0) is 37.7 Å². The van der Waals surface area contributed by atoms with Gasteiger partial charge >= 0.3 is 0 Å². The number of aryl methyl sites for hydroxylation is 4. The fourth-order valence-electron chi connectivity index (χ4n) is 5.15. The van der Waals surface area contributed by atoms with Crippen LogP contribution in [-0.4, -0.2) is 9.55 Å². The fraction of sp³-hybridized carbons (Fsp3) is 0.727. The maximum atomic E-state index is 5.08. The molecule has 2 rings (SSSR count). The molecule has 0 bridgehead atoms. The van der Waals surface area contributed by atoms with Crippen LogP contribution in [-0.2, 0) is 25.8 Å². The summed E-state index contributed by atoms with van der Waals surface area (Å²) in [6.07, 6.45) is 30.7. The Balaban J connectivity index is 1.58. The first-order valence-corrected chi connectivity index (χ1v) is 15.4. The minimum atomic E-state index is 1.10. The Hall–Kier alpha value is -1.57. The molecule has 1 aromatic heterocycles. The van der Waals surface area contributed by atoms with Gasteiger partial charge in [0.25, 0.3) is 0 Å². The Morgan fingerprint density at radius 2 is 1.09 bits per heavy atom. The standard InChI is InChI=1S/C33H56N2/c1-3-5-7-8-9-10-11-12-13-14-15-16-17-21-28-33-34-32(30-35(33)29-22-6-4-2)27-23-26-31-24-19-18-20-25-31/h18-20,24-25,30H,3-17,21-23,26-29H2,1-2H3. The Bertz CT molecular complexity index is 718. The van der Waals surface area contributed by atoms with Crippen molar-refractivity contribution in [2.24, 2.45) is 0 Å². The van der Waals surface area contributed by atoms with Crippen LogP contribution in [0.4, 0.5) is 0 Å². The second-order valence-corrected chi connectivity index (χ2v) is 10.7. The van der Waals surface area contributed by atoms with Crippen molar-refractivity contribution in [3.8, 4) is 0 Å². The molecule has 0 N–H and O–H groups in total. The number of hydrogen-bond acceptors (Lipinski definition) is 1. The Kier molecular flexibility index (Phi) is 17.5.